The van der Waals surface area contributed by atoms with Crippen molar-refractivity contribution in [3.05, 3.63) is 0 Å². The second-order valence-corrected chi connectivity index (χ2v) is 2.46. The SMILES string of the molecule is O=C([O-])NC1CCNCC1. The summed E-state index contributed by atoms with van der Waals surface area (Å²) >= 11 is 0. The number of carbonyl (C=O) groups excluding carboxylic acids is 1. The summed E-state index contributed by atoms with van der Waals surface area (Å²) in [6.07, 6.45) is 0.578. The Labute approximate surface area is 59.6 Å². The van der Waals surface area contributed by atoms with Crippen LogP contribution in [0.15, 0.2) is 0 Å². The van der Waals surface area contributed by atoms with Crippen LogP contribution < -0.4 is 15.7 Å². The number of carbonyl (C=O) groups is 1. The maximum Gasteiger partial charge on any atom is 0.134 e. The number of rotatable bonds is 1. The molecule has 1 saturated heterocycles. The zero-order valence-electron chi connectivity index (χ0n) is 5.72. The molecule has 1 heterocycles. The van der Waals surface area contributed by atoms with E-state index in [4.69, 9.17) is 0 Å². The van der Waals surface area contributed by atoms with Crippen LogP contribution in [0.4, 0.5) is 4.79 Å². The van der Waals surface area contributed by atoms with Gasteiger partial charge in [0.05, 0.1) is 0 Å². The van der Waals surface area contributed by atoms with E-state index < -0.39 is 6.09 Å². The maximum atomic E-state index is 10.0. The third-order valence-corrected chi connectivity index (χ3v) is 1.66. The highest BCUT2D eigenvalue weighted by molar-refractivity contribution is 5.62. The van der Waals surface area contributed by atoms with E-state index in [9.17, 15) is 9.90 Å². The van der Waals surface area contributed by atoms with Gasteiger partial charge < -0.3 is 20.5 Å². The van der Waals surface area contributed by atoms with Gasteiger partial charge in [0.2, 0.25) is 0 Å². The molecule has 1 aliphatic rings. The quantitative estimate of drug-likeness (QED) is 0.478. The molecule has 10 heavy (non-hydrogen) atoms. The van der Waals surface area contributed by atoms with E-state index in [2.05, 4.69) is 10.6 Å². The second kappa shape index (κ2) is 3.41. The van der Waals surface area contributed by atoms with E-state index in [1.54, 1.807) is 0 Å². The van der Waals surface area contributed by atoms with Crippen LogP contribution in [0, 0.1) is 0 Å². The van der Waals surface area contributed by atoms with Crippen LogP contribution in [0.5, 0.6) is 0 Å². The first-order chi connectivity index (χ1) is 4.79. The predicted molar refractivity (Wildman–Crippen MR) is 34.4 cm³/mol. The van der Waals surface area contributed by atoms with Gasteiger partial charge in [-0.05, 0) is 25.9 Å². The Bertz CT molecular complexity index is 121. The fourth-order valence-electron chi connectivity index (χ4n) is 1.13. The normalized spacial score (nSPS) is 20.4. The number of piperidine rings is 1. The molecule has 4 heteroatoms. The molecule has 1 rings (SSSR count). The van der Waals surface area contributed by atoms with E-state index in [0.717, 1.165) is 25.9 Å². The predicted octanol–water partition coefficient (Wildman–Crippen LogP) is -1.33. The van der Waals surface area contributed by atoms with Gasteiger partial charge in [0, 0.05) is 6.04 Å². The van der Waals surface area contributed by atoms with Crippen LogP contribution in [-0.4, -0.2) is 25.2 Å². The van der Waals surface area contributed by atoms with E-state index in [-0.39, 0.29) is 6.04 Å². The number of carboxylic acid groups (broad SMARTS) is 1. The first kappa shape index (κ1) is 7.34. The molecule has 0 atom stereocenters. The lowest BCUT2D eigenvalue weighted by Gasteiger charge is -2.24. The lowest BCUT2D eigenvalue weighted by Crippen LogP contribution is -2.47. The summed E-state index contributed by atoms with van der Waals surface area (Å²) in [7, 11) is 0. The molecule has 0 aromatic rings. The van der Waals surface area contributed by atoms with E-state index in [1.807, 2.05) is 0 Å². The molecule has 0 aromatic heterocycles. The summed E-state index contributed by atoms with van der Waals surface area (Å²) in [5.74, 6) is 0. The topological polar surface area (TPSA) is 64.2 Å². The molecule has 58 valence electrons. The van der Waals surface area contributed by atoms with Crippen molar-refractivity contribution in [1.82, 2.24) is 10.6 Å². The van der Waals surface area contributed by atoms with Gasteiger partial charge in [0.1, 0.15) is 6.09 Å². The highest BCUT2D eigenvalue weighted by atomic mass is 16.4. The largest absolute Gasteiger partial charge is 0.530 e. The van der Waals surface area contributed by atoms with Crippen molar-refractivity contribution in [2.45, 2.75) is 18.9 Å². The van der Waals surface area contributed by atoms with Crippen LogP contribution in [0.3, 0.4) is 0 Å². The Kier molecular flexibility index (Phi) is 2.50. The van der Waals surface area contributed by atoms with Crippen molar-refractivity contribution in [1.29, 1.82) is 0 Å². The maximum absolute atomic E-state index is 10.0. The minimum Gasteiger partial charge on any atom is -0.530 e. The number of amides is 1. The Balaban J connectivity index is 2.19. The summed E-state index contributed by atoms with van der Waals surface area (Å²) in [5.41, 5.74) is 0. The summed E-state index contributed by atoms with van der Waals surface area (Å²) in [5, 5.41) is 15.5. The number of nitrogens with one attached hydrogen (secondary N) is 2. The zero-order chi connectivity index (χ0) is 7.40. The van der Waals surface area contributed by atoms with Gasteiger partial charge in [-0.1, -0.05) is 0 Å². The fourth-order valence-corrected chi connectivity index (χ4v) is 1.13. The summed E-state index contributed by atoms with van der Waals surface area (Å²) in [4.78, 5) is 10.0. The molecule has 0 unspecified atom stereocenters. The van der Waals surface area contributed by atoms with Gasteiger partial charge in [-0.15, -0.1) is 0 Å². The first-order valence-corrected chi connectivity index (χ1v) is 3.47. The van der Waals surface area contributed by atoms with Crippen molar-refractivity contribution < 1.29 is 9.90 Å². The minimum absolute atomic E-state index is 0.103. The van der Waals surface area contributed by atoms with Crippen LogP contribution in [0.25, 0.3) is 0 Å². The second-order valence-electron chi connectivity index (χ2n) is 2.46. The van der Waals surface area contributed by atoms with Gasteiger partial charge >= 0.3 is 0 Å². The fraction of sp³-hybridized carbons (Fsp3) is 0.833. The van der Waals surface area contributed by atoms with Gasteiger partial charge in [-0.3, -0.25) is 0 Å². The average Bonchev–Trinajstić information content (AvgIpc) is 1.88. The standard InChI is InChI=1S/C6H12N2O2/c9-6(10)8-5-1-3-7-4-2-5/h5,7-8H,1-4H2,(H,9,10)/p-1. The van der Waals surface area contributed by atoms with Crippen molar-refractivity contribution in [3.63, 3.8) is 0 Å². The van der Waals surface area contributed by atoms with Gasteiger partial charge in [-0.2, -0.15) is 0 Å². The number of hydrogen-bond donors (Lipinski definition) is 2. The van der Waals surface area contributed by atoms with Crippen molar-refractivity contribution in [2.75, 3.05) is 13.1 Å². The Morgan fingerprint density at radius 3 is 2.60 bits per heavy atom. The molecular formula is C6H11N2O2-. The monoisotopic (exact) mass is 143 g/mol. The van der Waals surface area contributed by atoms with Crippen molar-refractivity contribution in [3.8, 4) is 0 Å². The lowest BCUT2D eigenvalue weighted by molar-refractivity contribution is -0.251. The van der Waals surface area contributed by atoms with Crippen LogP contribution in [0.2, 0.25) is 0 Å². The molecule has 0 saturated carbocycles. The summed E-state index contributed by atoms with van der Waals surface area (Å²) < 4.78 is 0. The third-order valence-electron chi connectivity index (χ3n) is 1.66. The van der Waals surface area contributed by atoms with Crippen molar-refractivity contribution >= 4 is 6.09 Å². The molecule has 1 amide bonds. The Hall–Kier alpha value is -0.770. The highest BCUT2D eigenvalue weighted by Gasteiger charge is 2.10. The molecule has 0 aliphatic carbocycles. The lowest BCUT2D eigenvalue weighted by atomic mass is 10.1. The van der Waals surface area contributed by atoms with E-state index >= 15 is 0 Å². The van der Waals surface area contributed by atoms with Crippen LogP contribution in [-0.2, 0) is 0 Å². The first-order valence-electron chi connectivity index (χ1n) is 3.47. The molecule has 0 bridgehead atoms. The third kappa shape index (κ3) is 2.23. The minimum atomic E-state index is -1.16. The zero-order valence-corrected chi connectivity index (χ0v) is 5.72. The molecule has 0 radical (unpaired) electrons. The van der Waals surface area contributed by atoms with E-state index in [0.29, 0.717) is 0 Å². The van der Waals surface area contributed by atoms with E-state index in [1.165, 1.54) is 0 Å². The Morgan fingerprint density at radius 1 is 1.50 bits per heavy atom. The molecule has 0 aromatic carbocycles. The summed E-state index contributed by atoms with van der Waals surface area (Å²) in [6, 6.07) is 0.103. The molecule has 0 spiro atoms. The average molecular weight is 143 g/mol. The van der Waals surface area contributed by atoms with Crippen LogP contribution >= 0.6 is 0 Å². The molecule has 1 fully saturated rings. The number of hydrogen-bond acceptors (Lipinski definition) is 3. The molecule has 1 aliphatic heterocycles. The van der Waals surface area contributed by atoms with Gasteiger partial charge in [0.15, 0.2) is 0 Å². The Morgan fingerprint density at radius 2 is 2.10 bits per heavy atom. The molecule has 2 N–H and O–H groups in total. The summed E-state index contributed by atoms with van der Waals surface area (Å²) in [6.45, 7) is 1.79. The van der Waals surface area contributed by atoms with Crippen molar-refractivity contribution in [2.24, 2.45) is 0 Å². The van der Waals surface area contributed by atoms with Gasteiger partial charge in [-0.25, -0.2) is 0 Å². The smallest absolute Gasteiger partial charge is 0.134 e. The molecular weight excluding hydrogens is 132 g/mol. The van der Waals surface area contributed by atoms with Gasteiger partial charge in [0.25, 0.3) is 0 Å². The molecule has 4 nitrogen and oxygen atoms in total. The highest BCUT2D eigenvalue weighted by Crippen LogP contribution is 2.00. The van der Waals surface area contributed by atoms with Crippen LogP contribution in [0.1, 0.15) is 12.8 Å².